The molecule has 0 aliphatic carbocycles. The van der Waals surface area contributed by atoms with Gasteiger partial charge in [0, 0.05) is 11.5 Å². The van der Waals surface area contributed by atoms with E-state index in [0.29, 0.717) is 0 Å². The summed E-state index contributed by atoms with van der Waals surface area (Å²) in [6.45, 7) is 4.02. The quantitative estimate of drug-likeness (QED) is 0.397. The molecule has 4 heteroatoms. The van der Waals surface area contributed by atoms with Gasteiger partial charge in [-0.3, -0.25) is 0 Å². The summed E-state index contributed by atoms with van der Waals surface area (Å²) in [5.74, 6) is -0.991. The lowest BCUT2D eigenvalue weighted by atomic mass is 9.87. The summed E-state index contributed by atoms with van der Waals surface area (Å²) in [5, 5.41) is 8.40. The molecular formula is C9H13NO3. The minimum Gasteiger partial charge on any atom is -0.478 e. The molecule has 1 atom stereocenters. The first-order valence-corrected chi connectivity index (χ1v) is 4.00. The number of hydrogen-bond acceptors (Lipinski definition) is 3. The Bertz CT molecular complexity index is 254. The molecule has 1 unspecified atom stereocenters. The fourth-order valence-electron chi connectivity index (χ4n) is 0.768. The molecule has 0 saturated heterocycles. The zero-order chi connectivity index (χ0) is 10.3. The van der Waals surface area contributed by atoms with Crippen molar-refractivity contribution >= 4 is 12.0 Å². The summed E-state index contributed by atoms with van der Waals surface area (Å²) in [5.41, 5.74) is -0.365. The molecule has 4 nitrogen and oxygen atoms in total. The van der Waals surface area contributed by atoms with E-state index in [0.717, 1.165) is 12.5 Å². The normalized spacial score (nSPS) is 14.9. The second kappa shape index (κ2) is 5.27. The minimum absolute atomic E-state index is 0.275. The number of carboxylic acid groups (broad SMARTS) is 1. The molecule has 0 heterocycles. The molecule has 0 aromatic rings. The van der Waals surface area contributed by atoms with Crippen molar-refractivity contribution in [3.8, 4) is 0 Å². The second-order valence-electron chi connectivity index (χ2n) is 3.09. The van der Waals surface area contributed by atoms with E-state index in [1.54, 1.807) is 6.08 Å². The first kappa shape index (κ1) is 11.6. The van der Waals surface area contributed by atoms with Crippen LogP contribution in [0.4, 0.5) is 0 Å². The fourth-order valence-corrected chi connectivity index (χ4v) is 0.768. The summed E-state index contributed by atoms with van der Waals surface area (Å²) in [6.07, 6.45) is 4.79. The lowest BCUT2D eigenvalue weighted by Gasteiger charge is -2.20. The number of aliphatic carboxylic acids is 1. The molecule has 0 aliphatic rings. The highest BCUT2D eigenvalue weighted by Crippen LogP contribution is 2.22. The van der Waals surface area contributed by atoms with Gasteiger partial charge in [-0.15, -0.1) is 0 Å². The smallest absolute Gasteiger partial charge is 0.327 e. The highest BCUT2D eigenvalue weighted by molar-refractivity contribution is 5.79. The van der Waals surface area contributed by atoms with Crippen LogP contribution >= 0.6 is 0 Å². The Morgan fingerprint density at radius 3 is 2.69 bits per heavy atom. The molecule has 0 rings (SSSR count). The van der Waals surface area contributed by atoms with Crippen molar-refractivity contribution in [2.75, 3.05) is 6.54 Å². The molecule has 13 heavy (non-hydrogen) atoms. The third kappa shape index (κ3) is 4.93. The van der Waals surface area contributed by atoms with E-state index in [1.165, 1.54) is 6.08 Å². The average molecular weight is 183 g/mol. The van der Waals surface area contributed by atoms with Crippen molar-refractivity contribution in [1.29, 1.82) is 0 Å². The summed E-state index contributed by atoms with van der Waals surface area (Å²) in [4.78, 5) is 23.6. The van der Waals surface area contributed by atoms with Crippen LogP contribution in [0.5, 0.6) is 0 Å². The Labute approximate surface area is 77.0 Å². The molecule has 0 spiro atoms. The first-order valence-electron chi connectivity index (χ1n) is 4.00. The van der Waals surface area contributed by atoms with E-state index in [-0.39, 0.29) is 12.0 Å². The standard InChI is InChI=1S/C9H13NO3/c1-3-9(2,6-10-7-11)5-4-8(12)13/h4-5H,3,6H2,1-2H3,(H,12,13). The summed E-state index contributed by atoms with van der Waals surface area (Å²) in [7, 11) is 0. The Morgan fingerprint density at radius 2 is 2.31 bits per heavy atom. The number of carbonyl (C=O) groups excluding carboxylic acids is 1. The van der Waals surface area contributed by atoms with Gasteiger partial charge >= 0.3 is 5.97 Å². The maximum Gasteiger partial charge on any atom is 0.327 e. The predicted molar refractivity (Wildman–Crippen MR) is 48.2 cm³/mol. The number of nitrogens with zero attached hydrogens (tertiary/aromatic N) is 1. The lowest BCUT2D eigenvalue weighted by Crippen LogP contribution is -2.16. The van der Waals surface area contributed by atoms with Crippen LogP contribution < -0.4 is 0 Å². The van der Waals surface area contributed by atoms with Crippen molar-refractivity contribution in [1.82, 2.24) is 0 Å². The summed E-state index contributed by atoms with van der Waals surface area (Å²) >= 11 is 0. The van der Waals surface area contributed by atoms with E-state index in [9.17, 15) is 9.59 Å². The Hall–Kier alpha value is -1.41. The van der Waals surface area contributed by atoms with Gasteiger partial charge in [-0.1, -0.05) is 19.9 Å². The highest BCUT2D eigenvalue weighted by Gasteiger charge is 2.17. The Morgan fingerprint density at radius 1 is 1.69 bits per heavy atom. The molecule has 0 aliphatic heterocycles. The molecule has 0 saturated carbocycles. The highest BCUT2D eigenvalue weighted by atomic mass is 16.4. The van der Waals surface area contributed by atoms with Gasteiger partial charge < -0.3 is 5.11 Å². The van der Waals surface area contributed by atoms with Crippen molar-refractivity contribution in [2.45, 2.75) is 20.3 Å². The molecular weight excluding hydrogens is 170 g/mol. The maximum atomic E-state index is 10.2. The van der Waals surface area contributed by atoms with Crippen LogP contribution in [0.15, 0.2) is 17.1 Å². The van der Waals surface area contributed by atoms with Crippen LogP contribution in [0.1, 0.15) is 20.3 Å². The van der Waals surface area contributed by atoms with Gasteiger partial charge in [-0.25, -0.2) is 14.6 Å². The van der Waals surface area contributed by atoms with Gasteiger partial charge in [0.2, 0.25) is 6.08 Å². The molecule has 1 N–H and O–H groups in total. The molecule has 0 amide bonds. The SMILES string of the molecule is CCC(C)(C=CC(=O)O)CN=C=O. The number of aliphatic imine (C=N–C) groups is 1. The summed E-state index contributed by atoms with van der Waals surface area (Å²) < 4.78 is 0. The second-order valence-corrected chi connectivity index (χ2v) is 3.09. The van der Waals surface area contributed by atoms with Gasteiger partial charge in [0.15, 0.2) is 0 Å². The largest absolute Gasteiger partial charge is 0.478 e. The molecule has 72 valence electrons. The lowest BCUT2D eigenvalue weighted by molar-refractivity contribution is -0.131. The zero-order valence-electron chi connectivity index (χ0n) is 7.78. The van der Waals surface area contributed by atoms with E-state index in [4.69, 9.17) is 5.11 Å². The molecule has 0 bridgehead atoms. The topological polar surface area (TPSA) is 66.7 Å². The van der Waals surface area contributed by atoms with Gasteiger partial charge in [0.1, 0.15) is 0 Å². The van der Waals surface area contributed by atoms with E-state index < -0.39 is 5.97 Å². The van der Waals surface area contributed by atoms with Crippen LogP contribution in [-0.4, -0.2) is 23.7 Å². The van der Waals surface area contributed by atoms with Crippen molar-refractivity contribution < 1.29 is 14.7 Å². The number of hydrogen-bond donors (Lipinski definition) is 1. The maximum absolute atomic E-state index is 10.2. The zero-order valence-corrected chi connectivity index (χ0v) is 7.78. The van der Waals surface area contributed by atoms with Gasteiger partial charge in [-0.05, 0) is 6.42 Å². The van der Waals surface area contributed by atoms with Crippen molar-refractivity contribution in [3.63, 3.8) is 0 Å². The average Bonchev–Trinajstić information content (AvgIpc) is 2.11. The van der Waals surface area contributed by atoms with Crippen LogP contribution in [0.3, 0.4) is 0 Å². The first-order chi connectivity index (χ1) is 6.04. The molecule has 0 fully saturated rings. The minimum atomic E-state index is -0.991. The number of isocyanates is 1. The van der Waals surface area contributed by atoms with Gasteiger partial charge in [0.05, 0.1) is 6.54 Å². The fraction of sp³-hybridized carbons (Fsp3) is 0.556. The van der Waals surface area contributed by atoms with Crippen LogP contribution in [0.25, 0.3) is 0 Å². The summed E-state index contributed by atoms with van der Waals surface area (Å²) in [6, 6.07) is 0. The third-order valence-electron chi connectivity index (χ3n) is 1.94. The predicted octanol–water partition coefficient (Wildman–Crippen LogP) is 1.38. The molecule has 0 aromatic carbocycles. The third-order valence-corrected chi connectivity index (χ3v) is 1.94. The Kier molecular flexibility index (Phi) is 4.70. The van der Waals surface area contributed by atoms with Crippen LogP contribution in [0.2, 0.25) is 0 Å². The molecule has 0 aromatic heterocycles. The van der Waals surface area contributed by atoms with Crippen LogP contribution in [-0.2, 0) is 9.59 Å². The van der Waals surface area contributed by atoms with Crippen molar-refractivity contribution in [2.24, 2.45) is 10.4 Å². The molecule has 0 radical (unpaired) electrons. The van der Waals surface area contributed by atoms with E-state index >= 15 is 0 Å². The number of rotatable bonds is 5. The van der Waals surface area contributed by atoms with Gasteiger partial charge in [0.25, 0.3) is 0 Å². The van der Waals surface area contributed by atoms with E-state index in [1.807, 2.05) is 13.8 Å². The Balaban J connectivity index is 4.43. The monoisotopic (exact) mass is 183 g/mol. The number of carboxylic acids is 1. The van der Waals surface area contributed by atoms with Gasteiger partial charge in [-0.2, -0.15) is 0 Å². The van der Waals surface area contributed by atoms with Crippen LogP contribution in [0, 0.1) is 5.41 Å². The van der Waals surface area contributed by atoms with Crippen molar-refractivity contribution in [3.05, 3.63) is 12.2 Å². The number of carbonyl (C=O) groups is 1. The van der Waals surface area contributed by atoms with E-state index in [2.05, 4.69) is 4.99 Å².